The number of fused-ring (bicyclic) bond motifs is 9. The average molecular weight is 458 g/mol. The van der Waals surface area contributed by atoms with Crippen LogP contribution in [-0.2, 0) is 5.41 Å². The number of aromatic nitrogens is 1. The Hall–Kier alpha value is -3.39. The first-order valence-electron chi connectivity index (χ1n) is 13.1. The molecule has 2 nitrogen and oxygen atoms in total. The third kappa shape index (κ3) is 2.74. The van der Waals surface area contributed by atoms with Gasteiger partial charge < -0.3 is 4.42 Å². The maximum Gasteiger partial charge on any atom is 0.145 e. The molecule has 1 saturated carbocycles. The van der Waals surface area contributed by atoms with Gasteiger partial charge in [-0.1, -0.05) is 69.2 Å². The number of nitrogens with zero attached hydrogens (tertiary/aromatic N) is 1. The smallest absolute Gasteiger partial charge is 0.145 e. The molecule has 0 atom stereocenters. The predicted molar refractivity (Wildman–Crippen MR) is 145 cm³/mol. The molecule has 2 aliphatic carbocycles. The minimum Gasteiger partial charge on any atom is -0.455 e. The van der Waals surface area contributed by atoms with Gasteiger partial charge in [-0.25, -0.2) is 0 Å². The van der Waals surface area contributed by atoms with E-state index in [9.17, 15) is 0 Å². The molecule has 5 aromatic rings. The fourth-order valence-electron chi connectivity index (χ4n) is 7.11. The average Bonchev–Trinajstić information content (AvgIpc) is 3.56. The lowest BCUT2D eigenvalue weighted by atomic mass is 9.76. The van der Waals surface area contributed by atoms with E-state index in [1.165, 1.54) is 75.4 Å². The van der Waals surface area contributed by atoms with Gasteiger partial charge in [0.25, 0.3) is 0 Å². The second kappa shape index (κ2) is 7.31. The number of hydrogen-bond donors (Lipinski definition) is 0. The van der Waals surface area contributed by atoms with E-state index in [-0.39, 0.29) is 5.41 Å². The molecular formula is C33H31NO. The maximum atomic E-state index is 6.70. The Morgan fingerprint density at radius 2 is 1.66 bits per heavy atom. The van der Waals surface area contributed by atoms with Crippen molar-refractivity contribution in [1.82, 2.24) is 4.98 Å². The molecule has 35 heavy (non-hydrogen) atoms. The topological polar surface area (TPSA) is 26.0 Å². The van der Waals surface area contributed by atoms with Crippen LogP contribution in [0.15, 0.2) is 65.2 Å². The third-order valence-corrected chi connectivity index (χ3v) is 8.72. The van der Waals surface area contributed by atoms with Crippen LogP contribution in [0.4, 0.5) is 0 Å². The van der Waals surface area contributed by atoms with E-state index in [1.54, 1.807) is 0 Å². The summed E-state index contributed by atoms with van der Waals surface area (Å²) in [5.74, 6) is 0.453. The van der Waals surface area contributed by atoms with Crippen molar-refractivity contribution in [1.29, 1.82) is 0 Å². The van der Waals surface area contributed by atoms with Crippen molar-refractivity contribution >= 4 is 21.9 Å². The molecule has 0 radical (unpaired) electrons. The van der Waals surface area contributed by atoms with Gasteiger partial charge in [0, 0.05) is 27.9 Å². The van der Waals surface area contributed by atoms with Crippen molar-refractivity contribution in [3.05, 3.63) is 88.6 Å². The molecule has 0 N–H and O–H groups in total. The van der Waals surface area contributed by atoms with Gasteiger partial charge >= 0.3 is 0 Å². The van der Waals surface area contributed by atoms with Crippen molar-refractivity contribution in [2.45, 2.75) is 64.7 Å². The van der Waals surface area contributed by atoms with Gasteiger partial charge in [0.15, 0.2) is 0 Å². The predicted octanol–water partition coefficient (Wildman–Crippen LogP) is 9.23. The monoisotopic (exact) mass is 457 g/mol. The van der Waals surface area contributed by atoms with Crippen LogP contribution in [0.5, 0.6) is 0 Å². The van der Waals surface area contributed by atoms with Crippen molar-refractivity contribution < 1.29 is 4.42 Å². The lowest BCUT2D eigenvalue weighted by Crippen LogP contribution is -2.20. The quantitative estimate of drug-likeness (QED) is 0.264. The lowest BCUT2D eigenvalue weighted by Gasteiger charge is -2.26. The summed E-state index contributed by atoms with van der Waals surface area (Å²) in [6.07, 6.45) is 7.11. The zero-order valence-electron chi connectivity index (χ0n) is 21.0. The van der Waals surface area contributed by atoms with E-state index in [0.717, 1.165) is 22.4 Å². The van der Waals surface area contributed by atoms with Gasteiger partial charge in [0.05, 0.1) is 5.69 Å². The Labute approximate surface area is 207 Å². The van der Waals surface area contributed by atoms with Gasteiger partial charge in [-0.15, -0.1) is 0 Å². The highest BCUT2D eigenvalue weighted by Crippen LogP contribution is 2.59. The van der Waals surface area contributed by atoms with Gasteiger partial charge in [-0.3, -0.25) is 4.98 Å². The zero-order chi connectivity index (χ0) is 23.9. The van der Waals surface area contributed by atoms with Gasteiger partial charge in [0.1, 0.15) is 11.2 Å². The summed E-state index contributed by atoms with van der Waals surface area (Å²) in [7, 11) is 0. The molecule has 7 rings (SSSR count). The number of pyridine rings is 1. The van der Waals surface area contributed by atoms with Crippen LogP contribution < -0.4 is 0 Å². The van der Waals surface area contributed by atoms with E-state index in [1.807, 2.05) is 6.20 Å². The minimum atomic E-state index is 0.169. The molecule has 174 valence electrons. The first-order valence-corrected chi connectivity index (χ1v) is 13.1. The Morgan fingerprint density at radius 1 is 0.857 bits per heavy atom. The first-order chi connectivity index (χ1) is 17.0. The Kier molecular flexibility index (Phi) is 4.37. The molecule has 0 amide bonds. The summed E-state index contributed by atoms with van der Waals surface area (Å²) < 4.78 is 6.70. The highest BCUT2D eigenvalue weighted by molar-refractivity contribution is 6.17. The second-order valence-electron chi connectivity index (χ2n) is 11.0. The number of benzene rings is 3. The van der Waals surface area contributed by atoms with Crippen LogP contribution in [0, 0.1) is 13.8 Å². The van der Waals surface area contributed by atoms with Crippen LogP contribution >= 0.6 is 0 Å². The fourth-order valence-corrected chi connectivity index (χ4v) is 7.11. The summed E-state index contributed by atoms with van der Waals surface area (Å²) in [6.45, 7) is 8.83. The van der Waals surface area contributed by atoms with Gasteiger partial charge in [-0.2, -0.15) is 0 Å². The molecule has 0 aliphatic heterocycles. The molecule has 0 bridgehead atoms. The van der Waals surface area contributed by atoms with E-state index < -0.39 is 0 Å². The van der Waals surface area contributed by atoms with Crippen LogP contribution in [0.25, 0.3) is 44.3 Å². The number of furan rings is 1. The molecule has 0 unspecified atom stereocenters. The van der Waals surface area contributed by atoms with Crippen molar-refractivity contribution in [3.63, 3.8) is 0 Å². The molecular weight excluding hydrogens is 426 g/mol. The third-order valence-electron chi connectivity index (χ3n) is 8.72. The first kappa shape index (κ1) is 20.9. The highest BCUT2D eigenvalue weighted by Gasteiger charge is 2.45. The van der Waals surface area contributed by atoms with Crippen molar-refractivity contribution in [2.24, 2.45) is 0 Å². The minimum absolute atomic E-state index is 0.169. The summed E-state index contributed by atoms with van der Waals surface area (Å²) in [6, 6.07) is 20.5. The normalized spacial score (nSPS) is 16.0. The number of rotatable bonds is 2. The molecule has 2 aromatic heterocycles. The Balaban J connectivity index is 1.56. The molecule has 1 fully saturated rings. The molecule has 2 heteroatoms. The Bertz CT molecular complexity index is 1650. The maximum absolute atomic E-state index is 6.70. The highest BCUT2D eigenvalue weighted by atomic mass is 16.3. The molecule has 2 heterocycles. The molecule has 0 saturated heterocycles. The van der Waals surface area contributed by atoms with Crippen LogP contribution in [-0.4, -0.2) is 4.98 Å². The van der Waals surface area contributed by atoms with Crippen LogP contribution in [0.1, 0.15) is 73.3 Å². The SMILES string of the molecule is Cc1cnc(-c2c(C)ccc3c2oc2ccc4c(c23)-c2ccccc2C42CCCC2)cc1C(C)C. The lowest BCUT2D eigenvalue weighted by molar-refractivity contribution is 0.550. The van der Waals surface area contributed by atoms with E-state index >= 15 is 0 Å². The van der Waals surface area contributed by atoms with E-state index in [0.29, 0.717) is 5.92 Å². The van der Waals surface area contributed by atoms with Gasteiger partial charge in [-0.05, 0) is 83.7 Å². The van der Waals surface area contributed by atoms with Crippen molar-refractivity contribution in [3.8, 4) is 22.4 Å². The molecule has 3 aromatic carbocycles. The number of aryl methyl sites for hydroxylation is 2. The van der Waals surface area contributed by atoms with Crippen molar-refractivity contribution in [2.75, 3.05) is 0 Å². The summed E-state index contributed by atoms with van der Waals surface area (Å²) in [4.78, 5) is 4.88. The van der Waals surface area contributed by atoms with Crippen LogP contribution in [0.3, 0.4) is 0 Å². The summed E-state index contributed by atoms with van der Waals surface area (Å²) >= 11 is 0. The van der Waals surface area contributed by atoms with Gasteiger partial charge in [0.2, 0.25) is 0 Å². The largest absolute Gasteiger partial charge is 0.455 e. The molecule has 2 aliphatic rings. The fraction of sp³-hybridized carbons (Fsp3) is 0.303. The molecule has 1 spiro atoms. The standard InChI is InChI=1S/C33H31NO/c1-19(2)24-17-27(34-18-21(24)4)29-20(3)11-12-23-31-28(35-32(23)29)14-13-26-30(31)22-9-5-6-10-25(22)33(26)15-7-8-16-33/h5-6,9-14,17-19H,7-8,15-16H2,1-4H3. The van der Waals surface area contributed by atoms with E-state index in [4.69, 9.17) is 9.40 Å². The van der Waals surface area contributed by atoms with E-state index in [2.05, 4.69) is 82.3 Å². The summed E-state index contributed by atoms with van der Waals surface area (Å²) in [5, 5.41) is 2.47. The summed E-state index contributed by atoms with van der Waals surface area (Å²) in [5.41, 5.74) is 13.8. The second-order valence-corrected chi connectivity index (χ2v) is 11.0. The zero-order valence-corrected chi connectivity index (χ0v) is 21.0. The number of hydrogen-bond acceptors (Lipinski definition) is 2. The van der Waals surface area contributed by atoms with Crippen LogP contribution in [0.2, 0.25) is 0 Å². The Morgan fingerprint density at radius 3 is 2.46 bits per heavy atom.